The van der Waals surface area contributed by atoms with E-state index in [9.17, 15) is 9.59 Å². The van der Waals surface area contributed by atoms with Crippen LogP contribution in [0.25, 0.3) is 0 Å². The fraction of sp³-hybridized carbons (Fsp3) is 0.267. The van der Waals surface area contributed by atoms with Crippen LogP contribution in [0.5, 0.6) is 0 Å². The molecular formula is C15H17ClN4O2. The van der Waals surface area contributed by atoms with Crippen molar-refractivity contribution in [1.29, 1.82) is 0 Å². The highest BCUT2D eigenvalue weighted by Gasteiger charge is 2.04. The zero-order valence-electron chi connectivity index (χ0n) is 12.2. The molecule has 0 radical (unpaired) electrons. The summed E-state index contributed by atoms with van der Waals surface area (Å²) in [5.74, 6) is 0. The van der Waals surface area contributed by atoms with Gasteiger partial charge in [0.25, 0.3) is 5.56 Å². The number of aryl methyl sites for hydroxylation is 2. The molecule has 0 saturated heterocycles. The Bertz CT molecular complexity index is 715. The van der Waals surface area contributed by atoms with Crippen molar-refractivity contribution in [2.24, 2.45) is 0 Å². The van der Waals surface area contributed by atoms with Gasteiger partial charge in [-0.1, -0.05) is 17.7 Å². The summed E-state index contributed by atoms with van der Waals surface area (Å²) in [5.41, 5.74) is 1.45. The Kier molecular flexibility index (Phi) is 5.55. The van der Waals surface area contributed by atoms with E-state index in [0.717, 1.165) is 5.56 Å². The molecule has 22 heavy (non-hydrogen) atoms. The highest BCUT2D eigenvalue weighted by atomic mass is 35.5. The summed E-state index contributed by atoms with van der Waals surface area (Å²) in [6.07, 6.45) is 2.17. The quantitative estimate of drug-likeness (QED) is 0.831. The number of anilines is 1. The number of carbonyl (C=O) groups excluding carboxylic acids is 1. The van der Waals surface area contributed by atoms with Crippen LogP contribution in [0.4, 0.5) is 10.5 Å². The fourth-order valence-corrected chi connectivity index (χ4v) is 2.05. The van der Waals surface area contributed by atoms with Crippen LogP contribution in [0.15, 0.2) is 41.3 Å². The highest BCUT2D eigenvalue weighted by molar-refractivity contribution is 6.31. The third kappa shape index (κ3) is 4.60. The van der Waals surface area contributed by atoms with Gasteiger partial charge in [-0.3, -0.25) is 4.79 Å². The van der Waals surface area contributed by atoms with Crippen LogP contribution in [0.1, 0.15) is 12.0 Å². The van der Waals surface area contributed by atoms with Crippen molar-refractivity contribution in [3.8, 4) is 0 Å². The summed E-state index contributed by atoms with van der Waals surface area (Å²) in [7, 11) is 0. The first-order valence-corrected chi connectivity index (χ1v) is 7.27. The van der Waals surface area contributed by atoms with E-state index in [-0.39, 0.29) is 11.6 Å². The predicted octanol–water partition coefficient (Wildman–Crippen LogP) is 2.42. The molecule has 0 aliphatic rings. The van der Waals surface area contributed by atoms with Crippen LogP contribution in [0.2, 0.25) is 5.02 Å². The molecule has 0 unspecified atom stereocenters. The van der Waals surface area contributed by atoms with Crippen LogP contribution in [0, 0.1) is 6.92 Å². The Labute approximate surface area is 133 Å². The van der Waals surface area contributed by atoms with Gasteiger partial charge in [0.1, 0.15) is 0 Å². The maximum atomic E-state index is 11.8. The maximum absolute atomic E-state index is 11.8. The summed E-state index contributed by atoms with van der Waals surface area (Å²) in [4.78, 5) is 23.3. The van der Waals surface area contributed by atoms with E-state index in [1.807, 2.05) is 13.0 Å². The molecule has 0 bridgehead atoms. The van der Waals surface area contributed by atoms with Gasteiger partial charge in [-0.05, 0) is 37.1 Å². The molecule has 2 N–H and O–H groups in total. The molecule has 0 atom stereocenters. The van der Waals surface area contributed by atoms with Crippen LogP contribution in [-0.2, 0) is 6.54 Å². The van der Waals surface area contributed by atoms with E-state index in [0.29, 0.717) is 30.2 Å². The molecule has 2 aromatic rings. The summed E-state index contributed by atoms with van der Waals surface area (Å²) >= 11 is 5.90. The Morgan fingerprint density at radius 3 is 2.95 bits per heavy atom. The van der Waals surface area contributed by atoms with E-state index in [4.69, 9.17) is 11.6 Å². The Hall–Kier alpha value is -2.34. The number of urea groups is 1. The minimum absolute atomic E-state index is 0.151. The van der Waals surface area contributed by atoms with Crippen molar-refractivity contribution in [3.63, 3.8) is 0 Å². The molecule has 7 heteroatoms. The Balaban J connectivity index is 1.77. The van der Waals surface area contributed by atoms with Crippen molar-refractivity contribution in [1.82, 2.24) is 15.1 Å². The molecule has 2 rings (SSSR count). The van der Waals surface area contributed by atoms with Gasteiger partial charge in [-0.15, -0.1) is 0 Å². The lowest BCUT2D eigenvalue weighted by atomic mass is 10.2. The third-order valence-electron chi connectivity index (χ3n) is 3.07. The van der Waals surface area contributed by atoms with Gasteiger partial charge in [0.05, 0.1) is 0 Å². The second kappa shape index (κ2) is 7.61. The van der Waals surface area contributed by atoms with Crippen molar-refractivity contribution in [2.45, 2.75) is 19.9 Å². The van der Waals surface area contributed by atoms with Crippen molar-refractivity contribution < 1.29 is 4.79 Å². The standard InChI is InChI=1S/C15H17ClN4O2/c1-11-5-6-12(16)10-13(11)19-15(22)17-7-3-9-20-14(21)4-2-8-18-20/h2,4-6,8,10H,3,7,9H2,1H3,(H2,17,19,22). The summed E-state index contributed by atoms with van der Waals surface area (Å²) in [6.45, 7) is 2.78. The number of carbonyl (C=O) groups is 1. The topological polar surface area (TPSA) is 76.0 Å². The summed E-state index contributed by atoms with van der Waals surface area (Å²) < 4.78 is 1.36. The lowest BCUT2D eigenvalue weighted by Crippen LogP contribution is -2.31. The molecule has 0 spiro atoms. The highest BCUT2D eigenvalue weighted by Crippen LogP contribution is 2.19. The first kappa shape index (κ1) is 16.0. The Morgan fingerprint density at radius 1 is 1.36 bits per heavy atom. The zero-order chi connectivity index (χ0) is 15.9. The number of benzene rings is 1. The minimum Gasteiger partial charge on any atom is -0.338 e. The van der Waals surface area contributed by atoms with Gasteiger partial charge >= 0.3 is 6.03 Å². The minimum atomic E-state index is -0.307. The Morgan fingerprint density at radius 2 is 2.18 bits per heavy atom. The van der Waals surface area contributed by atoms with Crippen molar-refractivity contribution in [3.05, 3.63) is 57.5 Å². The van der Waals surface area contributed by atoms with Gasteiger partial charge in [0, 0.05) is 36.1 Å². The second-order valence-electron chi connectivity index (χ2n) is 4.78. The largest absolute Gasteiger partial charge is 0.338 e. The molecule has 1 aromatic carbocycles. The number of amides is 2. The number of aromatic nitrogens is 2. The van der Waals surface area contributed by atoms with E-state index in [2.05, 4.69) is 15.7 Å². The van der Waals surface area contributed by atoms with Crippen molar-refractivity contribution in [2.75, 3.05) is 11.9 Å². The normalized spacial score (nSPS) is 10.3. The number of halogens is 1. The van der Waals surface area contributed by atoms with Gasteiger partial charge in [-0.2, -0.15) is 5.10 Å². The zero-order valence-corrected chi connectivity index (χ0v) is 12.9. The molecule has 6 nitrogen and oxygen atoms in total. The van der Waals surface area contributed by atoms with Crippen LogP contribution >= 0.6 is 11.6 Å². The fourth-order valence-electron chi connectivity index (χ4n) is 1.88. The van der Waals surface area contributed by atoms with Crippen LogP contribution in [-0.4, -0.2) is 22.4 Å². The molecule has 1 heterocycles. The first-order chi connectivity index (χ1) is 10.6. The molecule has 116 valence electrons. The van der Waals surface area contributed by atoms with E-state index < -0.39 is 0 Å². The number of hydrogen-bond acceptors (Lipinski definition) is 3. The van der Waals surface area contributed by atoms with Gasteiger partial charge in [0.2, 0.25) is 0 Å². The van der Waals surface area contributed by atoms with Gasteiger partial charge in [-0.25, -0.2) is 9.48 Å². The first-order valence-electron chi connectivity index (χ1n) is 6.89. The lowest BCUT2D eigenvalue weighted by Gasteiger charge is -2.10. The van der Waals surface area contributed by atoms with Crippen LogP contribution < -0.4 is 16.2 Å². The molecule has 0 aliphatic heterocycles. The van der Waals surface area contributed by atoms with Crippen LogP contribution in [0.3, 0.4) is 0 Å². The summed E-state index contributed by atoms with van der Waals surface area (Å²) in [6, 6.07) is 8.05. The van der Waals surface area contributed by atoms with Gasteiger partial charge in [0.15, 0.2) is 0 Å². The number of nitrogens with zero attached hydrogens (tertiary/aromatic N) is 2. The molecule has 0 fully saturated rings. The predicted molar refractivity (Wildman–Crippen MR) is 86.3 cm³/mol. The average molecular weight is 321 g/mol. The van der Waals surface area contributed by atoms with Crippen molar-refractivity contribution >= 4 is 23.3 Å². The molecule has 1 aromatic heterocycles. The second-order valence-corrected chi connectivity index (χ2v) is 5.22. The maximum Gasteiger partial charge on any atom is 0.319 e. The number of rotatable bonds is 5. The third-order valence-corrected chi connectivity index (χ3v) is 3.30. The smallest absolute Gasteiger partial charge is 0.319 e. The molecule has 2 amide bonds. The SMILES string of the molecule is Cc1ccc(Cl)cc1NC(=O)NCCCn1ncccc1=O. The van der Waals surface area contributed by atoms with E-state index in [1.54, 1.807) is 24.4 Å². The van der Waals surface area contributed by atoms with E-state index in [1.165, 1.54) is 10.7 Å². The number of hydrogen-bond donors (Lipinski definition) is 2. The average Bonchev–Trinajstić information content (AvgIpc) is 2.49. The lowest BCUT2D eigenvalue weighted by molar-refractivity contribution is 0.251. The number of nitrogens with one attached hydrogen (secondary N) is 2. The monoisotopic (exact) mass is 320 g/mol. The molecular weight excluding hydrogens is 304 g/mol. The van der Waals surface area contributed by atoms with Gasteiger partial charge < -0.3 is 10.6 Å². The molecule has 0 saturated carbocycles. The summed E-state index contributed by atoms with van der Waals surface area (Å²) in [5, 5.41) is 9.98. The molecule has 0 aliphatic carbocycles. The van der Waals surface area contributed by atoms with E-state index >= 15 is 0 Å².